The number of carbonyl (C=O) groups excluding carboxylic acids is 1. The Hall–Kier alpha value is -1.29. The van der Waals surface area contributed by atoms with Gasteiger partial charge in [-0.2, -0.15) is 0 Å². The molecule has 0 amide bonds. The maximum atomic E-state index is 12.8. The summed E-state index contributed by atoms with van der Waals surface area (Å²) in [4.78, 5) is 18.3. The summed E-state index contributed by atoms with van der Waals surface area (Å²) in [6.07, 6.45) is 6.13. The highest BCUT2D eigenvalue weighted by Gasteiger charge is 2.24. The van der Waals surface area contributed by atoms with Crippen LogP contribution in [0.1, 0.15) is 43.1 Å². The molecule has 1 atom stereocenters. The van der Waals surface area contributed by atoms with Crippen LogP contribution in [-0.4, -0.2) is 35.3 Å². The third-order valence-electron chi connectivity index (χ3n) is 3.94. The molecule has 3 nitrogen and oxygen atoms in total. The summed E-state index contributed by atoms with van der Waals surface area (Å²) in [5, 5.41) is 0. The fourth-order valence-corrected chi connectivity index (χ4v) is 2.78. The lowest BCUT2D eigenvalue weighted by Gasteiger charge is -2.26. The van der Waals surface area contributed by atoms with Crippen molar-refractivity contribution in [3.63, 3.8) is 0 Å². The number of hydrogen-bond acceptors (Lipinski definition) is 3. The number of carbonyl (C=O) groups is 1. The Balaban J connectivity index is 1.93. The predicted molar refractivity (Wildman–Crippen MR) is 72.6 cm³/mol. The Kier molecular flexibility index (Phi) is 4.64. The number of halogens is 1. The maximum absolute atomic E-state index is 12.8. The van der Waals surface area contributed by atoms with Crippen molar-refractivity contribution in [3.8, 4) is 0 Å². The molecule has 19 heavy (non-hydrogen) atoms. The van der Waals surface area contributed by atoms with Crippen LogP contribution in [0.3, 0.4) is 0 Å². The zero-order valence-electron chi connectivity index (χ0n) is 11.6. The minimum Gasteiger partial charge on any atom is -0.303 e. The molecule has 0 N–H and O–H groups in total. The lowest BCUT2D eigenvalue weighted by molar-refractivity contribution is 0.0882. The summed E-state index contributed by atoms with van der Waals surface area (Å²) in [5.74, 6) is -0.527. The van der Waals surface area contributed by atoms with E-state index in [0.29, 0.717) is 11.7 Å². The number of pyridine rings is 1. The number of aromatic nitrogens is 1. The summed E-state index contributed by atoms with van der Waals surface area (Å²) in [6.45, 7) is 2.65. The molecule has 1 saturated carbocycles. The van der Waals surface area contributed by atoms with Gasteiger partial charge in [0.25, 0.3) is 0 Å². The minimum atomic E-state index is -0.410. The van der Waals surface area contributed by atoms with E-state index in [2.05, 4.69) is 16.9 Å². The molecule has 1 aromatic rings. The first-order chi connectivity index (χ1) is 9.08. The number of rotatable bonds is 5. The van der Waals surface area contributed by atoms with Crippen molar-refractivity contribution >= 4 is 5.78 Å². The summed E-state index contributed by atoms with van der Waals surface area (Å²) in [7, 11) is 2.08. The number of ketones is 1. The standard InChI is InChI=1S/C15H21FN2O/c1-11(10-18(2)13-5-3-4-6-13)15(19)14-8-7-12(16)9-17-14/h7-9,11,13H,3-6,10H2,1-2H3. The highest BCUT2D eigenvalue weighted by Crippen LogP contribution is 2.23. The monoisotopic (exact) mass is 264 g/mol. The van der Waals surface area contributed by atoms with E-state index in [9.17, 15) is 9.18 Å². The van der Waals surface area contributed by atoms with Crippen molar-refractivity contribution in [1.29, 1.82) is 0 Å². The van der Waals surface area contributed by atoms with Crippen LogP contribution in [0.2, 0.25) is 0 Å². The van der Waals surface area contributed by atoms with Crippen molar-refractivity contribution < 1.29 is 9.18 Å². The van der Waals surface area contributed by atoms with Gasteiger partial charge >= 0.3 is 0 Å². The third kappa shape index (κ3) is 3.60. The molecule has 0 aliphatic heterocycles. The van der Waals surface area contributed by atoms with Gasteiger partial charge in [-0.3, -0.25) is 9.78 Å². The number of Topliss-reactive ketones (excluding diaryl/α,β-unsaturated/α-hetero) is 1. The van der Waals surface area contributed by atoms with Crippen molar-refractivity contribution in [1.82, 2.24) is 9.88 Å². The van der Waals surface area contributed by atoms with Gasteiger partial charge in [-0.25, -0.2) is 4.39 Å². The molecular formula is C15H21FN2O. The van der Waals surface area contributed by atoms with Gasteiger partial charge < -0.3 is 4.90 Å². The fourth-order valence-electron chi connectivity index (χ4n) is 2.78. The molecule has 0 saturated heterocycles. The van der Waals surface area contributed by atoms with Gasteiger partial charge in [-0.1, -0.05) is 19.8 Å². The summed E-state index contributed by atoms with van der Waals surface area (Å²) in [6, 6.07) is 3.36. The molecule has 0 bridgehead atoms. The van der Waals surface area contributed by atoms with Crippen LogP contribution in [0.4, 0.5) is 4.39 Å². The predicted octanol–water partition coefficient (Wildman–Crippen LogP) is 2.91. The zero-order chi connectivity index (χ0) is 13.8. The number of nitrogens with zero attached hydrogens (tertiary/aromatic N) is 2. The van der Waals surface area contributed by atoms with E-state index < -0.39 is 5.82 Å². The van der Waals surface area contributed by atoms with Gasteiger partial charge in [-0.15, -0.1) is 0 Å². The second kappa shape index (κ2) is 6.24. The number of hydrogen-bond donors (Lipinski definition) is 0. The topological polar surface area (TPSA) is 33.2 Å². The lowest BCUT2D eigenvalue weighted by Crippen LogP contribution is -2.35. The highest BCUT2D eigenvalue weighted by molar-refractivity contribution is 5.95. The Bertz CT molecular complexity index is 426. The van der Waals surface area contributed by atoms with Crippen molar-refractivity contribution in [2.75, 3.05) is 13.6 Å². The Morgan fingerprint density at radius 3 is 2.74 bits per heavy atom. The summed E-state index contributed by atoms with van der Waals surface area (Å²) >= 11 is 0. The molecule has 0 spiro atoms. The van der Waals surface area contributed by atoms with E-state index in [1.165, 1.54) is 37.8 Å². The molecule has 4 heteroatoms. The minimum absolute atomic E-state index is 0.00940. The quantitative estimate of drug-likeness (QED) is 0.767. The summed E-state index contributed by atoms with van der Waals surface area (Å²) < 4.78 is 12.8. The van der Waals surface area contributed by atoms with Gasteiger partial charge in [0.1, 0.15) is 11.5 Å². The fraction of sp³-hybridized carbons (Fsp3) is 0.600. The molecule has 0 aromatic carbocycles. The largest absolute Gasteiger partial charge is 0.303 e. The Morgan fingerprint density at radius 2 is 2.16 bits per heavy atom. The molecule has 1 aliphatic rings. The molecule has 1 aliphatic carbocycles. The van der Waals surface area contributed by atoms with E-state index in [-0.39, 0.29) is 11.7 Å². The van der Waals surface area contributed by atoms with Crippen LogP contribution in [-0.2, 0) is 0 Å². The van der Waals surface area contributed by atoms with Crippen molar-refractivity contribution in [3.05, 3.63) is 29.8 Å². The molecule has 1 heterocycles. The van der Waals surface area contributed by atoms with Crippen LogP contribution >= 0.6 is 0 Å². The molecule has 1 unspecified atom stereocenters. The van der Waals surface area contributed by atoms with Crippen LogP contribution < -0.4 is 0 Å². The first-order valence-corrected chi connectivity index (χ1v) is 6.94. The third-order valence-corrected chi connectivity index (χ3v) is 3.94. The van der Waals surface area contributed by atoms with Crippen LogP contribution in [0, 0.1) is 11.7 Å². The van der Waals surface area contributed by atoms with E-state index in [4.69, 9.17) is 0 Å². The second-order valence-electron chi connectivity index (χ2n) is 5.50. The van der Waals surface area contributed by atoms with Gasteiger partial charge in [-0.05, 0) is 32.0 Å². The van der Waals surface area contributed by atoms with E-state index in [0.717, 1.165) is 12.7 Å². The van der Waals surface area contributed by atoms with E-state index >= 15 is 0 Å². The Morgan fingerprint density at radius 1 is 1.47 bits per heavy atom. The normalized spacial score (nSPS) is 17.9. The van der Waals surface area contributed by atoms with Gasteiger partial charge in [0.2, 0.25) is 0 Å². The van der Waals surface area contributed by atoms with Crippen molar-refractivity contribution in [2.24, 2.45) is 5.92 Å². The van der Waals surface area contributed by atoms with E-state index in [1.807, 2.05) is 6.92 Å². The van der Waals surface area contributed by atoms with Gasteiger partial charge in [0.05, 0.1) is 6.20 Å². The second-order valence-corrected chi connectivity index (χ2v) is 5.50. The highest BCUT2D eigenvalue weighted by atomic mass is 19.1. The average molecular weight is 264 g/mol. The molecule has 2 rings (SSSR count). The van der Waals surface area contributed by atoms with Crippen LogP contribution in [0.15, 0.2) is 18.3 Å². The molecule has 1 aromatic heterocycles. The van der Waals surface area contributed by atoms with Crippen LogP contribution in [0.5, 0.6) is 0 Å². The first-order valence-electron chi connectivity index (χ1n) is 6.94. The molecule has 1 fully saturated rings. The molecule has 0 radical (unpaired) electrons. The smallest absolute Gasteiger partial charge is 0.185 e. The van der Waals surface area contributed by atoms with Crippen LogP contribution in [0.25, 0.3) is 0 Å². The summed E-state index contributed by atoms with van der Waals surface area (Å²) in [5.41, 5.74) is 0.355. The Labute approximate surface area is 113 Å². The van der Waals surface area contributed by atoms with Gasteiger partial charge in [0.15, 0.2) is 5.78 Å². The first kappa shape index (κ1) is 14.1. The van der Waals surface area contributed by atoms with E-state index in [1.54, 1.807) is 0 Å². The average Bonchev–Trinajstić information content (AvgIpc) is 2.92. The SMILES string of the molecule is CC(CN(C)C1CCCC1)C(=O)c1ccc(F)cn1. The maximum Gasteiger partial charge on any atom is 0.185 e. The molecule has 104 valence electrons. The zero-order valence-corrected chi connectivity index (χ0v) is 11.6. The van der Waals surface area contributed by atoms with Gasteiger partial charge in [0, 0.05) is 18.5 Å². The lowest BCUT2D eigenvalue weighted by atomic mass is 10.0. The van der Waals surface area contributed by atoms with Crippen molar-refractivity contribution in [2.45, 2.75) is 38.6 Å². The molecular weight excluding hydrogens is 243 g/mol.